The zero-order valence-corrected chi connectivity index (χ0v) is 11.9. The molecule has 21 heavy (non-hydrogen) atoms. The van der Waals surface area contributed by atoms with Crippen molar-refractivity contribution < 1.29 is 8.78 Å². The summed E-state index contributed by atoms with van der Waals surface area (Å²) >= 11 is 5.63. The van der Waals surface area contributed by atoms with Crippen LogP contribution in [0.15, 0.2) is 60.7 Å². The van der Waals surface area contributed by atoms with Crippen LogP contribution < -0.4 is 0 Å². The van der Waals surface area contributed by atoms with Crippen LogP contribution in [-0.4, -0.2) is 0 Å². The normalized spacial score (nSPS) is 12.5. The molecule has 0 aliphatic rings. The van der Waals surface area contributed by atoms with E-state index in [1.165, 1.54) is 12.1 Å². The van der Waals surface area contributed by atoms with Gasteiger partial charge in [-0.25, -0.2) is 8.78 Å². The topological polar surface area (TPSA) is 0 Å². The molecule has 0 saturated heterocycles. The van der Waals surface area contributed by atoms with Crippen LogP contribution in [0.1, 0.15) is 17.3 Å². The zero-order chi connectivity index (χ0) is 14.8. The Morgan fingerprint density at radius 3 is 2.43 bits per heavy atom. The molecule has 0 heterocycles. The van der Waals surface area contributed by atoms with E-state index in [1.807, 2.05) is 36.4 Å². The van der Waals surface area contributed by atoms with Gasteiger partial charge in [0.25, 0.3) is 0 Å². The third kappa shape index (κ3) is 3.06. The second kappa shape index (κ2) is 5.82. The van der Waals surface area contributed by atoms with Gasteiger partial charge in [0.1, 0.15) is 12.0 Å². The van der Waals surface area contributed by atoms with Crippen LogP contribution in [0, 0.1) is 5.82 Å². The highest BCUT2D eigenvalue weighted by atomic mass is 35.5. The van der Waals surface area contributed by atoms with E-state index in [-0.39, 0.29) is 11.4 Å². The van der Waals surface area contributed by atoms with Crippen molar-refractivity contribution in [3.63, 3.8) is 0 Å². The third-order valence-electron chi connectivity index (χ3n) is 3.53. The van der Waals surface area contributed by atoms with Crippen LogP contribution in [0.5, 0.6) is 0 Å². The molecular weight excluding hydrogens is 290 g/mol. The lowest BCUT2D eigenvalue weighted by atomic mass is 9.99. The van der Waals surface area contributed by atoms with E-state index in [9.17, 15) is 8.78 Å². The predicted molar refractivity (Wildman–Crippen MR) is 82.9 cm³/mol. The van der Waals surface area contributed by atoms with Gasteiger partial charge in [-0.05, 0) is 40.1 Å². The fourth-order valence-corrected chi connectivity index (χ4v) is 2.51. The van der Waals surface area contributed by atoms with Crippen molar-refractivity contribution in [1.29, 1.82) is 0 Å². The molecule has 3 rings (SSSR count). The van der Waals surface area contributed by atoms with Crippen molar-refractivity contribution in [2.75, 3.05) is 0 Å². The molecule has 106 valence electrons. The minimum absolute atomic E-state index is 0.0554. The first-order valence-corrected chi connectivity index (χ1v) is 7.08. The van der Waals surface area contributed by atoms with E-state index in [0.29, 0.717) is 11.1 Å². The lowest BCUT2D eigenvalue weighted by molar-refractivity contribution is 0.342. The maximum absolute atomic E-state index is 14.4. The Morgan fingerprint density at radius 1 is 0.905 bits per heavy atom. The molecule has 0 aliphatic heterocycles. The first-order valence-electron chi connectivity index (χ1n) is 6.70. The highest BCUT2D eigenvalue weighted by Gasteiger charge is 2.12. The van der Waals surface area contributed by atoms with Crippen LogP contribution in [-0.2, 0) is 6.42 Å². The Balaban J connectivity index is 1.85. The Hall–Kier alpha value is -1.93. The first-order chi connectivity index (χ1) is 10.1. The van der Waals surface area contributed by atoms with E-state index < -0.39 is 12.0 Å². The second-order valence-corrected chi connectivity index (χ2v) is 5.43. The molecule has 0 N–H and O–H groups in total. The van der Waals surface area contributed by atoms with Gasteiger partial charge < -0.3 is 0 Å². The summed E-state index contributed by atoms with van der Waals surface area (Å²) in [5, 5.41) is 2.13. The Kier molecular flexibility index (Phi) is 3.89. The molecule has 1 atom stereocenters. The van der Waals surface area contributed by atoms with Crippen molar-refractivity contribution in [2.24, 2.45) is 0 Å². The fraction of sp³-hybridized carbons (Fsp3) is 0.111. The van der Waals surface area contributed by atoms with E-state index >= 15 is 0 Å². The van der Waals surface area contributed by atoms with Crippen LogP contribution >= 0.6 is 11.6 Å². The van der Waals surface area contributed by atoms with E-state index in [4.69, 9.17) is 11.6 Å². The van der Waals surface area contributed by atoms with Crippen LogP contribution in [0.25, 0.3) is 10.8 Å². The fourth-order valence-electron chi connectivity index (χ4n) is 2.39. The Morgan fingerprint density at radius 2 is 1.67 bits per heavy atom. The number of alkyl halides is 1. The molecular formula is C18H13ClF2. The number of hydrogen-bond acceptors (Lipinski definition) is 0. The molecule has 0 aliphatic carbocycles. The van der Waals surface area contributed by atoms with Crippen molar-refractivity contribution >= 4 is 22.4 Å². The lowest BCUT2D eigenvalue weighted by Gasteiger charge is -2.10. The highest BCUT2D eigenvalue weighted by molar-refractivity contribution is 6.30. The number of benzene rings is 3. The van der Waals surface area contributed by atoms with Crippen molar-refractivity contribution in [1.82, 2.24) is 0 Å². The van der Waals surface area contributed by atoms with Crippen molar-refractivity contribution in [3.8, 4) is 0 Å². The maximum Gasteiger partial charge on any atom is 0.142 e. The van der Waals surface area contributed by atoms with Gasteiger partial charge in [0.15, 0.2) is 0 Å². The SMILES string of the molecule is Fc1cc(CC(F)c2ccc3ccccc3c2)ccc1Cl. The molecule has 0 fully saturated rings. The Labute approximate surface area is 127 Å². The van der Waals surface area contributed by atoms with Crippen LogP contribution in [0.3, 0.4) is 0 Å². The summed E-state index contributed by atoms with van der Waals surface area (Å²) in [6.45, 7) is 0. The average Bonchev–Trinajstić information content (AvgIpc) is 2.50. The smallest absolute Gasteiger partial charge is 0.142 e. The van der Waals surface area contributed by atoms with Crippen molar-refractivity contribution in [3.05, 3.63) is 82.6 Å². The zero-order valence-electron chi connectivity index (χ0n) is 11.2. The van der Waals surface area contributed by atoms with Crippen LogP contribution in [0.4, 0.5) is 8.78 Å². The predicted octanol–water partition coefficient (Wildman–Crippen LogP) is 5.89. The van der Waals surface area contributed by atoms with E-state index in [0.717, 1.165) is 10.8 Å². The van der Waals surface area contributed by atoms with Crippen molar-refractivity contribution in [2.45, 2.75) is 12.6 Å². The molecule has 0 saturated carbocycles. The summed E-state index contributed by atoms with van der Waals surface area (Å²) < 4.78 is 27.8. The van der Waals surface area contributed by atoms with Gasteiger partial charge in [-0.3, -0.25) is 0 Å². The second-order valence-electron chi connectivity index (χ2n) is 5.03. The van der Waals surface area contributed by atoms with Gasteiger partial charge in [-0.1, -0.05) is 54.1 Å². The molecule has 0 amide bonds. The van der Waals surface area contributed by atoms with Gasteiger partial charge in [0.05, 0.1) is 5.02 Å². The summed E-state index contributed by atoms with van der Waals surface area (Å²) in [4.78, 5) is 0. The van der Waals surface area contributed by atoms with Gasteiger partial charge in [0, 0.05) is 6.42 Å². The largest absolute Gasteiger partial charge is 0.242 e. The Bertz CT molecular complexity index is 783. The molecule has 3 aromatic carbocycles. The molecule has 3 aromatic rings. The molecule has 0 bridgehead atoms. The highest BCUT2D eigenvalue weighted by Crippen LogP contribution is 2.27. The number of halogens is 3. The molecule has 0 spiro atoms. The third-order valence-corrected chi connectivity index (χ3v) is 3.84. The average molecular weight is 303 g/mol. The summed E-state index contributed by atoms with van der Waals surface area (Å²) in [7, 11) is 0. The monoisotopic (exact) mass is 302 g/mol. The summed E-state index contributed by atoms with van der Waals surface area (Å²) in [6, 6.07) is 17.7. The lowest BCUT2D eigenvalue weighted by Crippen LogP contribution is -1.97. The van der Waals surface area contributed by atoms with Crippen LogP contribution in [0.2, 0.25) is 5.02 Å². The number of fused-ring (bicyclic) bond motifs is 1. The molecule has 0 aromatic heterocycles. The van der Waals surface area contributed by atoms with E-state index in [1.54, 1.807) is 12.1 Å². The molecule has 0 nitrogen and oxygen atoms in total. The van der Waals surface area contributed by atoms with Gasteiger partial charge in [-0.2, -0.15) is 0 Å². The maximum atomic E-state index is 14.4. The van der Waals surface area contributed by atoms with Gasteiger partial charge in [-0.15, -0.1) is 0 Å². The quantitative estimate of drug-likeness (QED) is 0.566. The van der Waals surface area contributed by atoms with E-state index in [2.05, 4.69) is 0 Å². The van der Waals surface area contributed by atoms with Gasteiger partial charge in [0.2, 0.25) is 0 Å². The summed E-state index contributed by atoms with van der Waals surface area (Å²) in [5.74, 6) is -0.514. The number of hydrogen-bond donors (Lipinski definition) is 0. The first kappa shape index (κ1) is 14.0. The van der Waals surface area contributed by atoms with Gasteiger partial charge >= 0.3 is 0 Å². The summed E-state index contributed by atoms with van der Waals surface area (Å²) in [5.41, 5.74) is 1.20. The molecule has 0 radical (unpaired) electrons. The molecule has 1 unspecified atom stereocenters. The summed E-state index contributed by atoms with van der Waals surface area (Å²) in [6.07, 6.45) is -1.04. The molecule has 3 heteroatoms. The minimum atomic E-state index is -1.17. The standard InChI is InChI=1S/C18H13ClF2/c19-16-8-5-12(10-18(16)21)9-17(20)15-7-6-13-3-1-2-4-14(13)11-15/h1-8,10-11,17H,9H2. The minimum Gasteiger partial charge on any atom is -0.242 e. The number of rotatable bonds is 3.